The van der Waals surface area contributed by atoms with E-state index in [1.807, 2.05) is 53.4 Å². The van der Waals surface area contributed by atoms with Crippen LogP contribution in [0.25, 0.3) is 11.1 Å². The van der Waals surface area contributed by atoms with E-state index in [1.165, 1.54) is 0 Å². The molecule has 6 heteroatoms. The Balaban J connectivity index is 1.49. The fourth-order valence-electron chi connectivity index (χ4n) is 3.38. The van der Waals surface area contributed by atoms with E-state index in [4.69, 9.17) is 0 Å². The van der Waals surface area contributed by atoms with Crippen LogP contribution < -0.4 is 4.90 Å². The van der Waals surface area contributed by atoms with Gasteiger partial charge in [-0.1, -0.05) is 18.2 Å². The van der Waals surface area contributed by atoms with Gasteiger partial charge >= 0.3 is 0 Å². The number of hydrogen-bond acceptors (Lipinski definition) is 5. The molecule has 0 atom stereocenters. The van der Waals surface area contributed by atoms with Gasteiger partial charge in [-0.15, -0.1) is 0 Å². The van der Waals surface area contributed by atoms with Gasteiger partial charge in [0.2, 0.25) is 0 Å². The molecular weight excluding hydrogens is 350 g/mol. The van der Waals surface area contributed by atoms with E-state index in [2.05, 4.69) is 20.9 Å². The number of carbonyl (C=O) groups excluding carboxylic acids is 1. The van der Waals surface area contributed by atoms with Gasteiger partial charge in [0.25, 0.3) is 5.91 Å². The van der Waals surface area contributed by atoms with Crippen LogP contribution in [-0.2, 0) is 0 Å². The number of pyridine rings is 2. The first-order valence-electron chi connectivity index (χ1n) is 9.16. The number of anilines is 1. The predicted octanol–water partition coefficient (Wildman–Crippen LogP) is 2.98. The first-order valence-corrected chi connectivity index (χ1v) is 9.16. The van der Waals surface area contributed by atoms with Crippen molar-refractivity contribution in [2.24, 2.45) is 0 Å². The normalized spacial score (nSPS) is 13.8. The van der Waals surface area contributed by atoms with Gasteiger partial charge in [0.15, 0.2) is 0 Å². The number of nitriles is 1. The topological polar surface area (TPSA) is 73.1 Å². The van der Waals surface area contributed by atoms with Crippen LogP contribution in [0, 0.1) is 11.3 Å². The molecule has 1 aliphatic heterocycles. The van der Waals surface area contributed by atoms with Crippen LogP contribution in [-0.4, -0.2) is 47.0 Å². The number of benzene rings is 1. The maximum absolute atomic E-state index is 12.6. The van der Waals surface area contributed by atoms with Crippen LogP contribution >= 0.6 is 0 Å². The van der Waals surface area contributed by atoms with Gasteiger partial charge < -0.3 is 9.80 Å². The molecule has 0 aliphatic carbocycles. The Hall–Kier alpha value is -3.72. The average Bonchev–Trinajstić information content (AvgIpc) is 2.79. The van der Waals surface area contributed by atoms with Crippen LogP contribution in [0.1, 0.15) is 15.9 Å². The zero-order chi connectivity index (χ0) is 19.3. The van der Waals surface area contributed by atoms with Gasteiger partial charge in [-0.25, -0.2) is 4.98 Å². The van der Waals surface area contributed by atoms with Gasteiger partial charge in [-0.05, 0) is 35.9 Å². The second-order valence-electron chi connectivity index (χ2n) is 6.59. The van der Waals surface area contributed by atoms with E-state index in [-0.39, 0.29) is 5.91 Å². The summed E-state index contributed by atoms with van der Waals surface area (Å²) in [5, 5.41) is 9.62. The summed E-state index contributed by atoms with van der Waals surface area (Å²) in [5.41, 5.74) is 3.11. The maximum Gasteiger partial charge on any atom is 0.253 e. The Morgan fingerprint density at radius 1 is 0.964 bits per heavy atom. The van der Waals surface area contributed by atoms with Crippen LogP contribution in [0.5, 0.6) is 0 Å². The van der Waals surface area contributed by atoms with E-state index in [0.29, 0.717) is 43.1 Å². The monoisotopic (exact) mass is 369 g/mol. The van der Waals surface area contributed by atoms with Crippen molar-refractivity contribution >= 4 is 11.7 Å². The molecule has 2 aromatic heterocycles. The Kier molecular flexibility index (Phi) is 4.98. The highest BCUT2D eigenvalue weighted by atomic mass is 16.2. The molecule has 0 saturated carbocycles. The SMILES string of the molecule is N#Cc1cc(-c2ccncc2)cnc1N1CCN(C(=O)c2ccccc2)CC1. The Morgan fingerprint density at radius 2 is 1.68 bits per heavy atom. The number of carbonyl (C=O) groups is 1. The third-order valence-corrected chi connectivity index (χ3v) is 4.89. The molecule has 4 rings (SSSR count). The fraction of sp³-hybridized carbons (Fsp3) is 0.182. The molecule has 1 aliphatic rings. The number of piperazine rings is 1. The van der Waals surface area contributed by atoms with Crippen molar-refractivity contribution < 1.29 is 4.79 Å². The van der Waals surface area contributed by atoms with E-state index in [9.17, 15) is 10.1 Å². The Bertz CT molecular complexity index is 1010. The smallest absolute Gasteiger partial charge is 0.253 e. The molecule has 3 aromatic rings. The fourth-order valence-corrected chi connectivity index (χ4v) is 3.38. The average molecular weight is 369 g/mol. The molecule has 1 aromatic carbocycles. The molecule has 1 fully saturated rings. The molecule has 28 heavy (non-hydrogen) atoms. The van der Waals surface area contributed by atoms with Crippen molar-refractivity contribution in [3.63, 3.8) is 0 Å². The van der Waals surface area contributed by atoms with Gasteiger partial charge in [-0.3, -0.25) is 9.78 Å². The quantitative estimate of drug-likeness (QED) is 0.710. The highest BCUT2D eigenvalue weighted by Gasteiger charge is 2.24. The van der Waals surface area contributed by atoms with Crippen molar-refractivity contribution in [1.29, 1.82) is 5.26 Å². The van der Waals surface area contributed by atoms with Gasteiger partial charge in [0.1, 0.15) is 11.9 Å². The summed E-state index contributed by atoms with van der Waals surface area (Å²) in [6.07, 6.45) is 5.23. The summed E-state index contributed by atoms with van der Waals surface area (Å²) in [4.78, 5) is 25.1. The first-order chi connectivity index (χ1) is 13.8. The minimum atomic E-state index is 0.0433. The molecule has 0 N–H and O–H groups in total. The molecule has 0 unspecified atom stereocenters. The molecule has 6 nitrogen and oxygen atoms in total. The van der Waals surface area contributed by atoms with Crippen molar-refractivity contribution in [3.8, 4) is 17.2 Å². The number of nitrogens with zero attached hydrogens (tertiary/aromatic N) is 5. The summed E-state index contributed by atoms with van der Waals surface area (Å²) >= 11 is 0. The minimum Gasteiger partial charge on any atom is -0.352 e. The first kappa shape index (κ1) is 17.7. The zero-order valence-electron chi connectivity index (χ0n) is 15.3. The van der Waals surface area contributed by atoms with E-state index in [0.717, 1.165) is 11.1 Å². The molecule has 0 bridgehead atoms. The largest absolute Gasteiger partial charge is 0.352 e. The summed E-state index contributed by atoms with van der Waals surface area (Å²) < 4.78 is 0. The van der Waals surface area contributed by atoms with Gasteiger partial charge in [-0.2, -0.15) is 5.26 Å². The van der Waals surface area contributed by atoms with Crippen LogP contribution in [0.4, 0.5) is 5.82 Å². The second kappa shape index (κ2) is 7.89. The molecule has 1 saturated heterocycles. The molecular formula is C22H19N5O. The van der Waals surface area contributed by atoms with Crippen molar-refractivity contribution in [2.45, 2.75) is 0 Å². The lowest BCUT2D eigenvalue weighted by Crippen LogP contribution is -2.49. The maximum atomic E-state index is 12.6. The van der Waals surface area contributed by atoms with Gasteiger partial charge in [0.05, 0.1) is 5.56 Å². The summed E-state index contributed by atoms with van der Waals surface area (Å²) in [7, 11) is 0. The minimum absolute atomic E-state index is 0.0433. The number of amides is 1. The zero-order valence-corrected chi connectivity index (χ0v) is 15.3. The lowest BCUT2D eigenvalue weighted by atomic mass is 10.1. The Labute approximate surface area is 163 Å². The number of rotatable bonds is 3. The Morgan fingerprint density at radius 3 is 2.36 bits per heavy atom. The van der Waals surface area contributed by atoms with Crippen LogP contribution in [0.2, 0.25) is 0 Å². The van der Waals surface area contributed by atoms with E-state index >= 15 is 0 Å². The molecule has 0 radical (unpaired) electrons. The summed E-state index contributed by atoms with van der Waals surface area (Å²) in [5.74, 6) is 0.717. The third-order valence-electron chi connectivity index (χ3n) is 4.89. The van der Waals surface area contributed by atoms with Gasteiger partial charge in [0, 0.05) is 55.9 Å². The summed E-state index contributed by atoms with van der Waals surface area (Å²) in [6, 6.07) is 17.2. The number of aromatic nitrogens is 2. The van der Waals surface area contributed by atoms with Crippen LogP contribution in [0.15, 0.2) is 67.1 Å². The highest BCUT2D eigenvalue weighted by Crippen LogP contribution is 2.25. The lowest BCUT2D eigenvalue weighted by molar-refractivity contribution is 0.0746. The molecule has 0 spiro atoms. The molecule has 138 valence electrons. The van der Waals surface area contributed by atoms with Crippen molar-refractivity contribution in [2.75, 3.05) is 31.1 Å². The van der Waals surface area contributed by atoms with Crippen molar-refractivity contribution in [1.82, 2.24) is 14.9 Å². The summed E-state index contributed by atoms with van der Waals surface area (Å²) in [6.45, 7) is 2.50. The molecule has 3 heterocycles. The predicted molar refractivity (Wildman–Crippen MR) is 107 cm³/mol. The number of hydrogen-bond donors (Lipinski definition) is 0. The van der Waals surface area contributed by atoms with Crippen molar-refractivity contribution in [3.05, 3.63) is 78.2 Å². The third kappa shape index (κ3) is 3.55. The van der Waals surface area contributed by atoms with E-state index in [1.54, 1.807) is 18.6 Å². The van der Waals surface area contributed by atoms with Crippen LogP contribution in [0.3, 0.4) is 0 Å². The highest BCUT2D eigenvalue weighted by molar-refractivity contribution is 5.94. The lowest BCUT2D eigenvalue weighted by Gasteiger charge is -2.35. The molecule has 1 amide bonds. The van der Waals surface area contributed by atoms with E-state index < -0.39 is 0 Å². The second-order valence-corrected chi connectivity index (χ2v) is 6.59. The standard InChI is InChI=1S/C22H19N5O/c23-15-19-14-20(17-6-8-24-9-7-17)16-25-21(19)26-10-12-27(13-11-26)22(28)18-4-2-1-3-5-18/h1-9,14,16H,10-13H2.